The van der Waals surface area contributed by atoms with Crippen LogP contribution in [0, 0.1) is 17.6 Å². The van der Waals surface area contributed by atoms with E-state index in [2.05, 4.69) is 25.2 Å². The molecule has 2 amide bonds. The largest absolute Gasteiger partial charge is 0.476 e. The van der Waals surface area contributed by atoms with Crippen molar-refractivity contribution in [1.29, 1.82) is 0 Å². The molecular formula is C30H38F2N6O3. The third-order valence-corrected chi connectivity index (χ3v) is 7.88. The molecule has 41 heavy (non-hydrogen) atoms. The first-order chi connectivity index (χ1) is 19.8. The number of carbonyl (C=O) groups excluding carboxylic acids is 2. The summed E-state index contributed by atoms with van der Waals surface area (Å²) in [6.45, 7) is 7.40. The lowest BCUT2D eigenvalue weighted by molar-refractivity contribution is -0.126. The molecule has 1 saturated carbocycles. The van der Waals surface area contributed by atoms with Gasteiger partial charge >= 0.3 is 0 Å². The smallest absolute Gasteiger partial charge is 0.280 e. The molecule has 11 heteroatoms. The Labute approximate surface area is 238 Å². The van der Waals surface area contributed by atoms with Crippen molar-refractivity contribution < 1.29 is 23.1 Å². The molecule has 1 aliphatic heterocycles. The number of piperidine rings is 1. The summed E-state index contributed by atoms with van der Waals surface area (Å²) in [5, 5.41) is 3.00. The molecule has 0 unspecified atom stereocenters. The highest BCUT2D eigenvalue weighted by Gasteiger charge is 2.29. The number of aromatic nitrogens is 3. The Bertz CT molecular complexity index is 1430. The monoisotopic (exact) mass is 568 g/mol. The van der Waals surface area contributed by atoms with Crippen LogP contribution in [0.2, 0.25) is 0 Å². The average Bonchev–Trinajstić information content (AvgIpc) is 3.29. The van der Waals surface area contributed by atoms with Crippen LogP contribution in [0.4, 0.5) is 8.78 Å². The number of rotatable bonds is 8. The number of ether oxygens (including phenoxy) is 1. The van der Waals surface area contributed by atoms with Crippen LogP contribution in [-0.4, -0.2) is 63.5 Å². The molecular weight excluding hydrogens is 530 g/mol. The molecule has 0 atom stereocenters. The Morgan fingerprint density at radius 3 is 2.46 bits per heavy atom. The summed E-state index contributed by atoms with van der Waals surface area (Å²) in [7, 11) is 0. The standard InChI is InChI=1S/C30H38F2N6O3/c1-19(2)34-28(39)20-6-8-24(9-7-20)38-26-17-27(41-13-12-37-10-4-3-5-11-37)33-18-25(26)35-30(38)36-29(40)21-14-22(31)16-23(32)15-21/h14-20,24H,3-13H2,1-2H3,(H,34,39)(H,35,36,40)/t20-,24+. The molecule has 220 valence electrons. The van der Waals surface area contributed by atoms with Crippen LogP contribution in [0.5, 0.6) is 5.88 Å². The molecule has 5 rings (SSSR count). The van der Waals surface area contributed by atoms with Crippen molar-refractivity contribution in [1.82, 2.24) is 24.8 Å². The second kappa shape index (κ2) is 12.9. The molecule has 2 aromatic heterocycles. The van der Waals surface area contributed by atoms with Gasteiger partial charge in [0.05, 0.1) is 17.2 Å². The number of amides is 2. The third kappa shape index (κ3) is 7.19. The first kappa shape index (κ1) is 28.9. The number of nitrogens with one attached hydrogen (secondary N) is 2. The number of halogens is 2. The van der Waals surface area contributed by atoms with Crippen molar-refractivity contribution in [2.75, 3.05) is 26.2 Å². The van der Waals surface area contributed by atoms with Gasteiger partial charge < -0.3 is 19.6 Å². The van der Waals surface area contributed by atoms with E-state index in [9.17, 15) is 18.4 Å². The molecule has 2 N–H and O–H groups in total. The van der Waals surface area contributed by atoms with Crippen LogP contribution in [0.3, 0.4) is 0 Å². The summed E-state index contributed by atoms with van der Waals surface area (Å²) >= 11 is 0. The maximum absolute atomic E-state index is 13.8. The minimum atomic E-state index is -0.846. The SMILES string of the molecule is CC(C)NC(=O)[C@H]1CC[C@@H](n2/c(=N/C(=O)c3cc(F)cc(F)c3)[nH]c3cnc(OCCN4CCCCC4)cc32)CC1. The number of aromatic amines is 1. The van der Waals surface area contributed by atoms with Gasteiger partial charge in [-0.05, 0) is 77.6 Å². The fourth-order valence-electron chi connectivity index (χ4n) is 5.85. The normalized spacial score (nSPS) is 20.5. The Hall–Kier alpha value is -3.60. The lowest BCUT2D eigenvalue weighted by Crippen LogP contribution is -2.38. The van der Waals surface area contributed by atoms with E-state index in [1.165, 1.54) is 19.3 Å². The van der Waals surface area contributed by atoms with Crippen LogP contribution in [-0.2, 0) is 4.79 Å². The van der Waals surface area contributed by atoms with Gasteiger partial charge in [-0.2, -0.15) is 4.99 Å². The van der Waals surface area contributed by atoms with Gasteiger partial charge in [-0.1, -0.05) is 6.42 Å². The molecule has 2 aliphatic rings. The number of carbonyl (C=O) groups is 2. The zero-order valence-electron chi connectivity index (χ0n) is 23.7. The molecule has 1 aromatic carbocycles. The van der Waals surface area contributed by atoms with Crippen molar-refractivity contribution in [2.45, 2.75) is 70.9 Å². The van der Waals surface area contributed by atoms with Gasteiger partial charge in [0.2, 0.25) is 17.4 Å². The predicted octanol–water partition coefficient (Wildman–Crippen LogP) is 4.50. The van der Waals surface area contributed by atoms with Crippen molar-refractivity contribution in [3.8, 4) is 5.88 Å². The van der Waals surface area contributed by atoms with Crippen molar-refractivity contribution in [3.05, 3.63) is 53.3 Å². The highest BCUT2D eigenvalue weighted by atomic mass is 19.1. The number of H-pyrrole nitrogens is 1. The van der Waals surface area contributed by atoms with Crippen LogP contribution in [0.1, 0.15) is 75.2 Å². The van der Waals surface area contributed by atoms with Gasteiger partial charge in [0.1, 0.15) is 18.2 Å². The minimum absolute atomic E-state index is 0.0498. The predicted molar refractivity (Wildman–Crippen MR) is 150 cm³/mol. The van der Waals surface area contributed by atoms with E-state index in [-0.39, 0.29) is 35.1 Å². The highest BCUT2D eigenvalue weighted by molar-refractivity contribution is 5.95. The summed E-state index contributed by atoms with van der Waals surface area (Å²) in [6, 6.07) is 4.52. The Kier molecular flexibility index (Phi) is 9.12. The fourth-order valence-corrected chi connectivity index (χ4v) is 5.85. The summed E-state index contributed by atoms with van der Waals surface area (Å²) in [6.07, 6.45) is 8.13. The second-order valence-corrected chi connectivity index (χ2v) is 11.4. The maximum Gasteiger partial charge on any atom is 0.280 e. The quantitative estimate of drug-likeness (QED) is 0.416. The van der Waals surface area contributed by atoms with E-state index in [1.807, 2.05) is 24.5 Å². The molecule has 9 nitrogen and oxygen atoms in total. The molecule has 0 radical (unpaired) electrons. The summed E-state index contributed by atoms with van der Waals surface area (Å²) in [5.74, 6) is -2.00. The van der Waals surface area contributed by atoms with Gasteiger partial charge in [-0.25, -0.2) is 13.8 Å². The molecule has 1 saturated heterocycles. The lowest BCUT2D eigenvalue weighted by Gasteiger charge is -2.29. The maximum atomic E-state index is 13.8. The van der Waals surface area contributed by atoms with E-state index in [0.717, 1.165) is 37.3 Å². The van der Waals surface area contributed by atoms with Crippen molar-refractivity contribution in [2.24, 2.45) is 10.9 Å². The summed E-state index contributed by atoms with van der Waals surface area (Å²) in [4.78, 5) is 39.9. The van der Waals surface area contributed by atoms with E-state index >= 15 is 0 Å². The van der Waals surface area contributed by atoms with Gasteiger partial charge in [-0.3, -0.25) is 14.5 Å². The molecule has 0 spiro atoms. The number of benzene rings is 1. The van der Waals surface area contributed by atoms with E-state index < -0.39 is 17.5 Å². The van der Waals surface area contributed by atoms with Crippen LogP contribution >= 0.6 is 0 Å². The minimum Gasteiger partial charge on any atom is -0.476 e. The highest BCUT2D eigenvalue weighted by Crippen LogP contribution is 2.34. The molecule has 1 aliphatic carbocycles. The molecule has 3 heterocycles. The Balaban J connectivity index is 1.43. The van der Waals surface area contributed by atoms with Crippen LogP contribution in [0.25, 0.3) is 11.0 Å². The Morgan fingerprint density at radius 1 is 1.07 bits per heavy atom. The third-order valence-electron chi connectivity index (χ3n) is 7.88. The summed E-state index contributed by atoms with van der Waals surface area (Å²) < 4.78 is 35.6. The van der Waals surface area contributed by atoms with Gasteiger partial charge in [0.25, 0.3) is 5.91 Å². The van der Waals surface area contributed by atoms with Crippen LogP contribution < -0.4 is 15.7 Å². The van der Waals surface area contributed by atoms with Gasteiger partial charge in [-0.15, -0.1) is 0 Å². The molecule has 2 fully saturated rings. The number of imidazole rings is 1. The topological polar surface area (TPSA) is 105 Å². The second-order valence-electron chi connectivity index (χ2n) is 11.4. The van der Waals surface area contributed by atoms with Crippen molar-refractivity contribution >= 4 is 22.8 Å². The number of fused-ring (bicyclic) bond motifs is 1. The van der Waals surface area contributed by atoms with E-state index in [0.29, 0.717) is 49.8 Å². The first-order valence-electron chi connectivity index (χ1n) is 14.6. The number of hydrogen-bond acceptors (Lipinski definition) is 5. The van der Waals surface area contributed by atoms with Gasteiger partial charge in [0.15, 0.2) is 0 Å². The zero-order valence-corrected chi connectivity index (χ0v) is 23.7. The average molecular weight is 569 g/mol. The molecule has 3 aromatic rings. The van der Waals surface area contributed by atoms with E-state index in [1.54, 1.807) is 6.20 Å². The zero-order chi connectivity index (χ0) is 28.9. The van der Waals surface area contributed by atoms with Crippen LogP contribution in [0.15, 0.2) is 35.5 Å². The number of nitrogens with zero attached hydrogens (tertiary/aromatic N) is 4. The Morgan fingerprint density at radius 2 is 1.78 bits per heavy atom. The lowest BCUT2D eigenvalue weighted by atomic mass is 9.85. The number of pyridine rings is 1. The summed E-state index contributed by atoms with van der Waals surface area (Å²) in [5.41, 5.74) is 1.50. The van der Waals surface area contributed by atoms with Gasteiger partial charge in [0, 0.05) is 42.2 Å². The molecule has 0 bridgehead atoms. The number of hydrogen-bond donors (Lipinski definition) is 2. The van der Waals surface area contributed by atoms with Crippen molar-refractivity contribution in [3.63, 3.8) is 0 Å². The fraction of sp³-hybridized carbons (Fsp3) is 0.533. The first-order valence-corrected chi connectivity index (χ1v) is 14.6. The number of likely N-dealkylation sites (tertiary alicyclic amines) is 1. The van der Waals surface area contributed by atoms with E-state index in [4.69, 9.17) is 4.74 Å².